The Kier molecular flexibility index (Phi) is 5.92. The molecule has 0 fully saturated rings. The summed E-state index contributed by atoms with van der Waals surface area (Å²) in [6.07, 6.45) is 3.32. The number of ether oxygens (including phenoxy) is 1. The average Bonchev–Trinajstić information content (AvgIpc) is 3.12. The molecule has 0 atom stereocenters. The lowest BCUT2D eigenvalue weighted by Crippen LogP contribution is -2.12. The molecule has 0 spiro atoms. The minimum atomic E-state index is -0.349. The molecule has 0 saturated heterocycles. The van der Waals surface area contributed by atoms with E-state index in [1.54, 1.807) is 55.7 Å². The molecular weight excluding hydrogens is 414 g/mol. The number of rotatable bonds is 6. The Morgan fingerprint density at radius 2 is 1.96 bits per heavy atom. The van der Waals surface area contributed by atoms with E-state index in [1.165, 1.54) is 4.68 Å². The number of nitrogens with one attached hydrogen (secondary N) is 1. The van der Waals surface area contributed by atoms with Crippen molar-refractivity contribution in [3.8, 4) is 5.69 Å². The fourth-order valence-corrected chi connectivity index (χ4v) is 2.50. The van der Waals surface area contributed by atoms with Crippen molar-refractivity contribution in [2.75, 3.05) is 11.9 Å². The van der Waals surface area contributed by atoms with E-state index in [2.05, 4.69) is 36.5 Å². The van der Waals surface area contributed by atoms with Crippen LogP contribution in [0, 0.1) is 0 Å². The minimum Gasteiger partial charge on any atom is -0.466 e. The number of nitrogens with zero attached hydrogens (tertiary/aromatic N) is 4. The van der Waals surface area contributed by atoms with Crippen molar-refractivity contribution in [1.82, 2.24) is 20.0 Å². The summed E-state index contributed by atoms with van der Waals surface area (Å²) in [5.74, 6) is -0.150. The van der Waals surface area contributed by atoms with Gasteiger partial charge in [0.2, 0.25) is 0 Å². The number of anilines is 1. The monoisotopic (exact) mass is 429 g/mol. The van der Waals surface area contributed by atoms with Crippen LogP contribution in [0.3, 0.4) is 0 Å². The smallest absolute Gasteiger partial charge is 0.311 e. The second-order valence-corrected chi connectivity index (χ2v) is 6.41. The van der Waals surface area contributed by atoms with Crippen molar-refractivity contribution in [2.45, 2.75) is 13.3 Å². The molecule has 2 heterocycles. The van der Waals surface area contributed by atoms with E-state index in [0.717, 1.165) is 10.2 Å². The van der Waals surface area contributed by atoms with Crippen molar-refractivity contribution in [3.05, 3.63) is 64.5 Å². The van der Waals surface area contributed by atoms with Crippen LogP contribution in [0.25, 0.3) is 5.69 Å². The number of carbonyl (C=O) groups is 2. The predicted molar refractivity (Wildman–Crippen MR) is 102 cm³/mol. The Balaban J connectivity index is 1.66. The quantitative estimate of drug-likeness (QED) is 0.604. The zero-order chi connectivity index (χ0) is 19.2. The van der Waals surface area contributed by atoms with Gasteiger partial charge in [0, 0.05) is 16.2 Å². The van der Waals surface area contributed by atoms with Crippen LogP contribution >= 0.6 is 15.9 Å². The van der Waals surface area contributed by atoms with Gasteiger partial charge in [-0.15, -0.1) is 5.10 Å². The molecule has 1 N–H and O–H groups in total. The van der Waals surface area contributed by atoms with Crippen LogP contribution in [0.15, 0.2) is 53.3 Å². The van der Waals surface area contributed by atoms with Gasteiger partial charge in [0.25, 0.3) is 5.91 Å². The molecule has 0 unspecified atom stereocenters. The second kappa shape index (κ2) is 8.54. The van der Waals surface area contributed by atoms with Crippen molar-refractivity contribution < 1.29 is 14.3 Å². The van der Waals surface area contributed by atoms with E-state index in [-0.39, 0.29) is 18.3 Å². The fraction of sp³-hybridized carbons (Fsp3) is 0.167. The SMILES string of the molecule is CCOC(=O)Cc1cn(-c2ccc(C(=O)Nc3ccc(Br)cn3)cc2)nn1. The third-order valence-corrected chi connectivity index (χ3v) is 4.00. The molecule has 9 heteroatoms. The Hall–Kier alpha value is -3.07. The Morgan fingerprint density at radius 3 is 2.63 bits per heavy atom. The number of aromatic nitrogens is 4. The van der Waals surface area contributed by atoms with Gasteiger partial charge in [-0.05, 0) is 59.3 Å². The average molecular weight is 430 g/mol. The lowest BCUT2D eigenvalue weighted by Gasteiger charge is -2.05. The highest BCUT2D eigenvalue weighted by atomic mass is 79.9. The van der Waals surface area contributed by atoms with Crippen molar-refractivity contribution in [3.63, 3.8) is 0 Å². The third-order valence-electron chi connectivity index (χ3n) is 3.53. The molecule has 0 aliphatic rings. The van der Waals surface area contributed by atoms with Gasteiger partial charge < -0.3 is 10.1 Å². The number of hydrogen-bond donors (Lipinski definition) is 1. The number of hydrogen-bond acceptors (Lipinski definition) is 6. The number of esters is 1. The number of amides is 1. The molecule has 3 aromatic rings. The molecule has 2 aromatic heterocycles. The van der Waals surface area contributed by atoms with Crippen LogP contribution < -0.4 is 5.32 Å². The van der Waals surface area contributed by atoms with Gasteiger partial charge in [-0.3, -0.25) is 9.59 Å². The summed E-state index contributed by atoms with van der Waals surface area (Å²) in [6.45, 7) is 2.07. The van der Waals surface area contributed by atoms with Crippen molar-refractivity contribution >= 4 is 33.6 Å². The highest BCUT2D eigenvalue weighted by Crippen LogP contribution is 2.13. The Morgan fingerprint density at radius 1 is 1.19 bits per heavy atom. The molecule has 1 amide bonds. The summed E-state index contributed by atoms with van der Waals surface area (Å²) in [5, 5.41) is 10.7. The fourth-order valence-electron chi connectivity index (χ4n) is 2.27. The highest BCUT2D eigenvalue weighted by molar-refractivity contribution is 9.10. The standard InChI is InChI=1S/C18H16BrN5O3/c1-2-27-17(25)9-14-11-24(23-22-14)15-6-3-12(4-7-15)18(26)21-16-8-5-13(19)10-20-16/h3-8,10-11H,2,9H2,1H3,(H,20,21,26). The summed E-state index contributed by atoms with van der Waals surface area (Å²) in [4.78, 5) is 27.9. The van der Waals surface area contributed by atoms with E-state index < -0.39 is 0 Å². The second-order valence-electron chi connectivity index (χ2n) is 5.50. The number of halogens is 1. The maximum absolute atomic E-state index is 12.3. The van der Waals surface area contributed by atoms with Crippen LogP contribution in [0.5, 0.6) is 0 Å². The van der Waals surface area contributed by atoms with Gasteiger partial charge in [-0.2, -0.15) is 0 Å². The van der Waals surface area contributed by atoms with E-state index in [9.17, 15) is 9.59 Å². The number of benzene rings is 1. The van der Waals surface area contributed by atoms with Gasteiger partial charge >= 0.3 is 5.97 Å². The molecule has 8 nitrogen and oxygen atoms in total. The van der Waals surface area contributed by atoms with Crippen LogP contribution in [0.4, 0.5) is 5.82 Å². The lowest BCUT2D eigenvalue weighted by atomic mass is 10.2. The first-order valence-electron chi connectivity index (χ1n) is 8.15. The van der Waals surface area contributed by atoms with Crippen LogP contribution in [-0.2, 0) is 16.0 Å². The number of carbonyl (C=O) groups excluding carboxylic acids is 2. The van der Waals surface area contributed by atoms with Crippen LogP contribution in [-0.4, -0.2) is 38.5 Å². The van der Waals surface area contributed by atoms with E-state index >= 15 is 0 Å². The maximum Gasteiger partial charge on any atom is 0.311 e. The lowest BCUT2D eigenvalue weighted by molar-refractivity contribution is -0.142. The van der Waals surface area contributed by atoms with E-state index in [0.29, 0.717) is 23.7 Å². The van der Waals surface area contributed by atoms with Gasteiger partial charge in [0.1, 0.15) is 5.82 Å². The summed E-state index contributed by atoms with van der Waals surface area (Å²) in [7, 11) is 0. The molecule has 138 valence electrons. The third kappa shape index (κ3) is 4.98. The van der Waals surface area contributed by atoms with E-state index in [1.807, 2.05) is 0 Å². The molecule has 0 radical (unpaired) electrons. The zero-order valence-corrected chi connectivity index (χ0v) is 16.0. The highest BCUT2D eigenvalue weighted by Gasteiger charge is 2.10. The van der Waals surface area contributed by atoms with Gasteiger partial charge in [-0.25, -0.2) is 9.67 Å². The zero-order valence-electron chi connectivity index (χ0n) is 14.4. The largest absolute Gasteiger partial charge is 0.466 e. The molecule has 0 aliphatic heterocycles. The van der Waals surface area contributed by atoms with E-state index in [4.69, 9.17) is 4.74 Å². The molecular formula is C18H16BrN5O3. The first-order valence-corrected chi connectivity index (χ1v) is 8.94. The number of pyridine rings is 1. The van der Waals surface area contributed by atoms with Crippen molar-refractivity contribution in [1.29, 1.82) is 0 Å². The molecule has 0 aliphatic carbocycles. The maximum atomic E-state index is 12.3. The molecule has 1 aromatic carbocycles. The van der Waals surface area contributed by atoms with Crippen LogP contribution in [0.1, 0.15) is 23.0 Å². The first-order chi connectivity index (χ1) is 13.0. The van der Waals surface area contributed by atoms with Crippen LogP contribution in [0.2, 0.25) is 0 Å². The van der Waals surface area contributed by atoms with Gasteiger partial charge in [-0.1, -0.05) is 5.21 Å². The Labute approximate surface area is 163 Å². The van der Waals surface area contributed by atoms with Gasteiger partial charge in [0.15, 0.2) is 0 Å². The Bertz CT molecular complexity index is 938. The van der Waals surface area contributed by atoms with Gasteiger partial charge in [0.05, 0.1) is 30.6 Å². The predicted octanol–water partition coefficient (Wildman–Crippen LogP) is 2.78. The molecule has 0 saturated carbocycles. The molecule has 0 bridgehead atoms. The summed E-state index contributed by atoms with van der Waals surface area (Å²) in [5.41, 5.74) is 1.71. The first kappa shape index (κ1) is 18.7. The minimum absolute atomic E-state index is 0.0640. The summed E-state index contributed by atoms with van der Waals surface area (Å²) >= 11 is 3.29. The summed E-state index contributed by atoms with van der Waals surface area (Å²) < 4.78 is 7.26. The summed E-state index contributed by atoms with van der Waals surface area (Å²) in [6, 6.07) is 10.3. The molecule has 3 rings (SSSR count). The molecule has 27 heavy (non-hydrogen) atoms. The topological polar surface area (TPSA) is 99.0 Å². The van der Waals surface area contributed by atoms with Crippen molar-refractivity contribution in [2.24, 2.45) is 0 Å². The normalized spacial score (nSPS) is 10.4.